The molecule has 1 atom stereocenters. The van der Waals surface area contributed by atoms with Crippen LogP contribution in [0.2, 0.25) is 0 Å². The minimum absolute atomic E-state index is 0.0257. The lowest BCUT2D eigenvalue weighted by molar-refractivity contribution is -0.121. The molecule has 0 aromatic heterocycles. The molecule has 26 heavy (non-hydrogen) atoms. The van der Waals surface area contributed by atoms with Gasteiger partial charge in [0.2, 0.25) is 5.91 Å². The molecule has 1 saturated heterocycles. The fraction of sp³-hybridized carbons (Fsp3) is 0.381. The molecule has 1 aliphatic heterocycles. The number of nitrogens with zero attached hydrogens (tertiary/aromatic N) is 1. The number of hydrogen-bond acceptors (Lipinski definition) is 3. The van der Waals surface area contributed by atoms with Crippen molar-refractivity contribution in [1.29, 1.82) is 0 Å². The number of aryl methyl sites for hydroxylation is 1. The zero-order valence-electron chi connectivity index (χ0n) is 15.3. The number of anilines is 1. The van der Waals surface area contributed by atoms with Crippen LogP contribution in [-0.4, -0.2) is 31.0 Å². The Morgan fingerprint density at radius 2 is 2.04 bits per heavy atom. The Balaban J connectivity index is 1.62. The van der Waals surface area contributed by atoms with E-state index in [0.29, 0.717) is 18.0 Å². The highest BCUT2D eigenvalue weighted by Crippen LogP contribution is 2.27. The summed E-state index contributed by atoms with van der Waals surface area (Å²) in [4.78, 5) is 15.0. The topological polar surface area (TPSA) is 41.6 Å². The van der Waals surface area contributed by atoms with Crippen LogP contribution in [0.25, 0.3) is 0 Å². The van der Waals surface area contributed by atoms with Crippen LogP contribution in [-0.2, 0) is 11.3 Å². The zero-order valence-corrected chi connectivity index (χ0v) is 15.3. The predicted molar refractivity (Wildman–Crippen MR) is 101 cm³/mol. The Morgan fingerprint density at radius 1 is 1.27 bits per heavy atom. The van der Waals surface area contributed by atoms with E-state index >= 15 is 0 Å². The molecular weight excluding hydrogens is 331 g/mol. The minimum Gasteiger partial charge on any atom is -0.495 e. The average Bonchev–Trinajstić information content (AvgIpc) is 2.64. The first-order chi connectivity index (χ1) is 12.5. The molecule has 5 heteroatoms. The van der Waals surface area contributed by atoms with Gasteiger partial charge < -0.3 is 10.1 Å². The van der Waals surface area contributed by atoms with Crippen LogP contribution < -0.4 is 10.1 Å². The van der Waals surface area contributed by atoms with Gasteiger partial charge in [0, 0.05) is 13.1 Å². The van der Waals surface area contributed by atoms with Crippen LogP contribution in [0.4, 0.5) is 10.1 Å². The van der Waals surface area contributed by atoms with E-state index in [4.69, 9.17) is 4.74 Å². The fourth-order valence-corrected chi connectivity index (χ4v) is 3.42. The van der Waals surface area contributed by atoms with Crippen molar-refractivity contribution in [2.24, 2.45) is 5.92 Å². The van der Waals surface area contributed by atoms with E-state index in [0.717, 1.165) is 37.1 Å². The van der Waals surface area contributed by atoms with Crippen LogP contribution in [0.1, 0.15) is 24.0 Å². The van der Waals surface area contributed by atoms with Crippen LogP contribution in [0.15, 0.2) is 42.5 Å². The van der Waals surface area contributed by atoms with E-state index in [1.165, 1.54) is 12.1 Å². The largest absolute Gasteiger partial charge is 0.495 e. The number of benzene rings is 2. The van der Waals surface area contributed by atoms with E-state index in [1.807, 2.05) is 25.1 Å². The Hall–Kier alpha value is -2.40. The highest BCUT2D eigenvalue weighted by atomic mass is 19.1. The van der Waals surface area contributed by atoms with E-state index in [2.05, 4.69) is 10.2 Å². The summed E-state index contributed by atoms with van der Waals surface area (Å²) in [6.07, 6.45) is 1.85. The molecule has 3 rings (SSSR count). The summed E-state index contributed by atoms with van der Waals surface area (Å²) >= 11 is 0. The molecule has 0 unspecified atom stereocenters. The summed E-state index contributed by atoms with van der Waals surface area (Å²) in [5, 5.41) is 3.02. The molecule has 0 radical (unpaired) electrons. The third-order valence-corrected chi connectivity index (χ3v) is 4.81. The maximum atomic E-state index is 13.1. The lowest BCUT2D eigenvalue weighted by Gasteiger charge is -2.32. The molecule has 1 N–H and O–H groups in total. The van der Waals surface area contributed by atoms with Gasteiger partial charge in [-0.15, -0.1) is 0 Å². The van der Waals surface area contributed by atoms with E-state index < -0.39 is 0 Å². The van der Waals surface area contributed by atoms with Crippen molar-refractivity contribution in [3.63, 3.8) is 0 Å². The lowest BCUT2D eigenvalue weighted by Crippen LogP contribution is -2.40. The smallest absolute Gasteiger partial charge is 0.228 e. The minimum atomic E-state index is -0.225. The predicted octanol–water partition coefficient (Wildman–Crippen LogP) is 3.99. The molecule has 1 amide bonds. The van der Waals surface area contributed by atoms with Gasteiger partial charge in [0.1, 0.15) is 11.6 Å². The Bertz CT molecular complexity index is 761. The normalized spacial score (nSPS) is 17.7. The van der Waals surface area contributed by atoms with Crippen LogP contribution in [0, 0.1) is 18.7 Å². The molecule has 4 nitrogen and oxygen atoms in total. The summed E-state index contributed by atoms with van der Waals surface area (Å²) in [5.74, 6) is 0.409. The van der Waals surface area contributed by atoms with E-state index in [-0.39, 0.29) is 17.6 Å². The van der Waals surface area contributed by atoms with Gasteiger partial charge in [-0.1, -0.05) is 18.2 Å². The Labute approximate surface area is 154 Å². The molecule has 1 fully saturated rings. The van der Waals surface area contributed by atoms with Gasteiger partial charge in [-0.25, -0.2) is 4.39 Å². The quantitative estimate of drug-likeness (QED) is 0.881. The van der Waals surface area contributed by atoms with Crippen molar-refractivity contribution in [3.8, 4) is 5.75 Å². The number of rotatable bonds is 5. The van der Waals surface area contributed by atoms with Crippen LogP contribution in [0.5, 0.6) is 5.75 Å². The van der Waals surface area contributed by atoms with Gasteiger partial charge in [-0.2, -0.15) is 0 Å². The number of amides is 1. The Morgan fingerprint density at radius 3 is 2.77 bits per heavy atom. The van der Waals surface area contributed by atoms with E-state index in [9.17, 15) is 9.18 Å². The molecular formula is C21H25FN2O2. The first-order valence-corrected chi connectivity index (χ1v) is 8.97. The first-order valence-electron chi connectivity index (χ1n) is 8.97. The Kier molecular flexibility index (Phi) is 5.89. The third-order valence-electron chi connectivity index (χ3n) is 4.81. The second-order valence-electron chi connectivity index (χ2n) is 6.89. The highest BCUT2D eigenvalue weighted by molar-refractivity contribution is 5.94. The van der Waals surface area contributed by atoms with Crippen molar-refractivity contribution in [3.05, 3.63) is 59.4 Å². The van der Waals surface area contributed by atoms with Gasteiger partial charge in [0.25, 0.3) is 0 Å². The average molecular weight is 356 g/mol. The van der Waals surface area contributed by atoms with Gasteiger partial charge in [-0.3, -0.25) is 9.69 Å². The highest BCUT2D eigenvalue weighted by Gasteiger charge is 2.26. The number of ether oxygens (including phenoxy) is 1. The van der Waals surface area contributed by atoms with Gasteiger partial charge in [-0.05, 0) is 61.7 Å². The second-order valence-corrected chi connectivity index (χ2v) is 6.89. The lowest BCUT2D eigenvalue weighted by atomic mass is 9.96. The molecule has 1 aliphatic rings. The second kappa shape index (κ2) is 8.32. The summed E-state index contributed by atoms with van der Waals surface area (Å²) < 4.78 is 18.4. The molecule has 2 aromatic carbocycles. The monoisotopic (exact) mass is 356 g/mol. The number of carbonyl (C=O) groups excluding carboxylic acids is 1. The molecule has 0 saturated carbocycles. The SMILES string of the molecule is COc1ccc(C)cc1NC(=O)[C@H]1CCCN(Cc2ccc(F)cc2)C1. The first kappa shape index (κ1) is 18.4. The third kappa shape index (κ3) is 4.61. The van der Waals surface area contributed by atoms with Crippen molar-refractivity contribution < 1.29 is 13.9 Å². The van der Waals surface area contributed by atoms with Crippen molar-refractivity contribution in [2.75, 3.05) is 25.5 Å². The molecule has 1 heterocycles. The van der Waals surface area contributed by atoms with Crippen LogP contribution >= 0.6 is 0 Å². The molecule has 2 aromatic rings. The molecule has 138 valence electrons. The van der Waals surface area contributed by atoms with E-state index in [1.54, 1.807) is 19.2 Å². The van der Waals surface area contributed by atoms with Crippen molar-refractivity contribution >= 4 is 11.6 Å². The molecule has 0 aliphatic carbocycles. The number of hydrogen-bond donors (Lipinski definition) is 1. The number of methoxy groups -OCH3 is 1. The number of likely N-dealkylation sites (tertiary alicyclic amines) is 1. The summed E-state index contributed by atoms with van der Waals surface area (Å²) in [6.45, 7) is 4.38. The molecule has 0 spiro atoms. The summed E-state index contributed by atoms with van der Waals surface area (Å²) in [7, 11) is 1.60. The zero-order chi connectivity index (χ0) is 18.5. The maximum absolute atomic E-state index is 13.1. The maximum Gasteiger partial charge on any atom is 0.228 e. The summed E-state index contributed by atoms with van der Waals surface area (Å²) in [5.41, 5.74) is 2.85. The fourth-order valence-electron chi connectivity index (χ4n) is 3.42. The van der Waals surface area contributed by atoms with Crippen LogP contribution in [0.3, 0.4) is 0 Å². The van der Waals surface area contributed by atoms with Gasteiger partial charge in [0.05, 0.1) is 18.7 Å². The number of piperidine rings is 1. The van der Waals surface area contributed by atoms with Gasteiger partial charge in [0.15, 0.2) is 0 Å². The summed E-state index contributed by atoms with van der Waals surface area (Å²) in [6, 6.07) is 12.3. The number of carbonyl (C=O) groups is 1. The standard InChI is InChI=1S/C21H25FN2O2/c1-15-5-10-20(26-2)19(12-15)23-21(25)17-4-3-11-24(14-17)13-16-6-8-18(22)9-7-16/h5-10,12,17H,3-4,11,13-14H2,1-2H3,(H,23,25)/t17-/m0/s1. The van der Waals surface area contributed by atoms with Gasteiger partial charge >= 0.3 is 0 Å². The number of halogens is 1. The van der Waals surface area contributed by atoms with Crippen molar-refractivity contribution in [2.45, 2.75) is 26.3 Å². The number of nitrogens with one attached hydrogen (secondary N) is 1. The molecule has 0 bridgehead atoms. The van der Waals surface area contributed by atoms with Crippen molar-refractivity contribution in [1.82, 2.24) is 4.90 Å².